The molecule has 1 saturated carbocycles. The predicted molar refractivity (Wildman–Crippen MR) is 213 cm³/mol. The molecule has 2 aromatic carbocycles. The number of aryl methyl sites for hydroxylation is 1. The normalized spacial score (nSPS) is 27.9. The Morgan fingerprint density at radius 1 is 1.07 bits per heavy atom. The minimum absolute atomic E-state index is 0.109. The lowest BCUT2D eigenvalue weighted by Crippen LogP contribution is -2.53. The molecule has 2 fully saturated rings. The van der Waals surface area contributed by atoms with E-state index in [9.17, 15) is 18.7 Å². The van der Waals surface area contributed by atoms with Crippen LogP contribution in [0.3, 0.4) is 0 Å². The lowest BCUT2D eigenvalue weighted by Gasteiger charge is -2.47. The number of aromatic nitrogens is 1. The molecule has 1 saturated heterocycles. The summed E-state index contributed by atoms with van der Waals surface area (Å²) in [5.74, 6) is 2.68. The van der Waals surface area contributed by atoms with Crippen molar-refractivity contribution in [2.45, 2.75) is 101 Å². The molecule has 1 unspecified atom stereocenters. The third-order valence-electron chi connectivity index (χ3n) is 13.5. The topological polar surface area (TPSA) is 93.2 Å². The summed E-state index contributed by atoms with van der Waals surface area (Å²) in [7, 11) is 0. The zero-order valence-corrected chi connectivity index (χ0v) is 33.3. The molecule has 0 bridgehead atoms. The molecule has 1 aromatic heterocycles. The van der Waals surface area contributed by atoms with Crippen LogP contribution in [0.25, 0.3) is 0 Å². The first kappa shape index (κ1) is 39.0. The summed E-state index contributed by atoms with van der Waals surface area (Å²) >= 11 is 6.31. The largest absolute Gasteiger partial charge is 0.493 e. The van der Waals surface area contributed by atoms with Crippen molar-refractivity contribution >= 4 is 23.3 Å². The Hall–Kier alpha value is -3.89. The molecule has 4 atom stereocenters. The van der Waals surface area contributed by atoms with Crippen molar-refractivity contribution in [1.29, 1.82) is 0 Å². The van der Waals surface area contributed by atoms with Crippen molar-refractivity contribution in [3.8, 4) is 17.2 Å². The van der Waals surface area contributed by atoms with Crippen LogP contribution in [0.15, 0.2) is 60.3 Å². The van der Waals surface area contributed by atoms with E-state index in [-0.39, 0.29) is 28.7 Å². The highest BCUT2D eigenvalue weighted by molar-refractivity contribution is 6.30. The maximum atomic E-state index is 13.1. The molecule has 2 N–H and O–H groups in total. The van der Waals surface area contributed by atoms with Gasteiger partial charge in [-0.3, -0.25) is 4.98 Å². The number of halogens is 3. The first-order chi connectivity index (χ1) is 27.0. The van der Waals surface area contributed by atoms with Gasteiger partial charge in [0.1, 0.15) is 11.3 Å². The molecule has 5 aliphatic rings. The number of hydrogen-bond acceptors (Lipinski definition) is 7. The van der Waals surface area contributed by atoms with Gasteiger partial charge in [0.05, 0.1) is 19.8 Å². The zero-order chi connectivity index (χ0) is 39.0. The van der Waals surface area contributed by atoms with Crippen LogP contribution in [0, 0.1) is 17.8 Å². The Morgan fingerprint density at radius 2 is 1.82 bits per heavy atom. The van der Waals surface area contributed by atoms with Gasteiger partial charge in [-0.25, -0.2) is 4.79 Å². The first-order valence-corrected chi connectivity index (χ1v) is 21.0. The maximum absolute atomic E-state index is 13.1. The number of pyridine rings is 1. The van der Waals surface area contributed by atoms with Crippen molar-refractivity contribution in [2.24, 2.45) is 17.8 Å². The number of ether oxygens (including phenoxy) is 3. The van der Waals surface area contributed by atoms with E-state index in [1.165, 1.54) is 16.7 Å². The van der Waals surface area contributed by atoms with Crippen LogP contribution in [-0.4, -0.2) is 66.0 Å². The van der Waals surface area contributed by atoms with E-state index in [1.54, 1.807) is 12.1 Å². The van der Waals surface area contributed by atoms with Gasteiger partial charge in [0, 0.05) is 53.7 Å². The number of rotatable bonds is 10. The Labute approximate surface area is 334 Å². The van der Waals surface area contributed by atoms with Crippen LogP contribution >= 0.6 is 11.6 Å². The molecule has 3 aliphatic carbocycles. The standard InChI is InChI=1S/C45H54ClF2N3O5/c1-28(25-54-38-9-16-49-37-8-3-5-29(2)41(37)38)19-33-20-32-21-39-40(56-27-30(26-55-39)24-51-17-10-31(11-18-51)42(47)48)23-36(32)44(33)12-14-45(15-13-44,43(52)53)50-35-7-4-6-34(46)22-35/h4,6-7,9,16,21-23,28-30,33,50H,3,5,8,10-15,17-20,24-27H2,1-2H3,(H,52,53)/t28-,29-,30?,33+,44?,45?/m1/s1. The number of hydrogen-bond donors (Lipinski definition) is 2. The molecule has 0 amide bonds. The van der Waals surface area contributed by atoms with Crippen molar-refractivity contribution < 1.29 is 32.9 Å². The van der Waals surface area contributed by atoms with Crippen LogP contribution in [-0.2, 0) is 23.1 Å². The van der Waals surface area contributed by atoms with Crippen molar-refractivity contribution in [3.05, 3.63) is 87.7 Å². The molecule has 1 spiro atoms. The van der Waals surface area contributed by atoms with Crippen LogP contribution in [0.1, 0.15) is 99.9 Å². The van der Waals surface area contributed by atoms with Gasteiger partial charge in [-0.15, -0.1) is 0 Å². The third-order valence-corrected chi connectivity index (χ3v) is 13.8. The number of carboxylic acid groups (broad SMARTS) is 1. The number of anilines is 1. The molecule has 3 heterocycles. The summed E-state index contributed by atoms with van der Waals surface area (Å²) in [4.78, 5) is 20.0. The van der Waals surface area contributed by atoms with Gasteiger partial charge in [-0.05, 0) is 147 Å². The molecular formula is C45H54ClF2N3O5. The monoisotopic (exact) mass is 789 g/mol. The van der Waals surface area contributed by atoms with E-state index in [4.69, 9.17) is 25.8 Å². The SMILES string of the molecule is C[C@@H](COc1ccnc2c1[C@H](C)CCC2)C[C@H]1Cc2cc3c(cc2C12CCC(Nc1cccc(Cl)c1)(C(=O)O)CC2)OCC(CN1CCC(=C(F)F)CC1)CO3. The summed E-state index contributed by atoms with van der Waals surface area (Å²) in [6.07, 6.45) is 8.62. The Kier molecular flexibility index (Phi) is 11.2. The second-order valence-electron chi connectivity index (χ2n) is 17.3. The number of carbonyl (C=O) groups is 1. The van der Waals surface area contributed by atoms with Crippen molar-refractivity contribution in [1.82, 2.24) is 9.88 Å². The van der Waals surface area contributed by atoms with E-state index >= 15 is 0 Å². The minimum Gasteiger partial charge on any atom is -0.493 e. The second-order valence-corrected chi connectivity index (χ2v) is 17.7. The van der Waals surface area contributed by atoms with Crippen LogP contribution in [0.2, 0.25) is 5.02 Å². The summed E-state index contributed by atoms with van der Waals surface area (Å²) in [6, 6.07) is 13.7. The molecule has 56 heavy (non-hydrogen) atoms. The lowest BCUT2D eigenvalue weighted by atomic mass is 9.59. The summed E-state index contributed by atoms with van der Waals surface area (Å²) in [5, 5.41) is 14.7. The molecule has 8 rings (SSSR count). The van der Waals surface area contributed by atoms with E-state index in [0.29, 0.717) is 88.1 Å². The van der Waals surface area contributed by atoms with Gasteiger partial charge in [-0.1, -0.05) is 31.5 Å². The zero-order valence-electron chi connectivity index (χ0n) is 32.6. The van der Waals surface area contributed by atoms with Crippen molar-refractivity contribution in [2.75, 3.05) is 44.8 Å². The quantitative estimate of drug-likeness (QED) is 0.210. The number of nitrogens with zero attached hydrogens (tertiary/aromatic N) is 2. The van der Waals surface area contributed by atoms with E-state index in [0.717, 1.165) is 61.6 Å². The number of likely N-dealkylation sites (tertiary alicyclic amines) is 1. The number of aliphatic carboxylic acids is 1. The highest BCUT2D eigenvalue weighted by Crippen LogP contribution is 2.58. The molecular weight excluding hydrogens is 736 g/mol. The molecule has 8 nitrogen and oxygen atoms in total. The van der Waals surface area contributed by atoms with Gasteiger partial charge in [0.2, 0.25) is 0 Å². The highest BCUT2D eigenvalue weighted by atomic mass is 35.5. The smallest absolute Gasteiger partial charge is 0.329 e. The molecule has 3 aromatic rings. The fourth-order valence-electron chi connectivity index (χ4n) is 10.5. The first-order valence-electron chi connectivity index (χ1n) is 20.6. The number of piperidine rings is 1. The summed E-state index contributed by atoms with van der Waals surface area (Å²) in [5.41, 5.74) is 4.55. The molecule has 2 aliphatic heterocycles. The maximum Gasteiger partial charge on any atom is 0.329 e. The van der Waals surface area contributed by atoms with Crippen molar-refractivity contribution in [3.63, 3.8) is 0 Å². The fraction of sp³-hybridized carbons (Fsp3) is 0.556. The fourth-order valence-corrected chi connectivity index (χ4v) is 10.7. The number of benzene rings is 2. The Morgan fingerprint density at radius 3 is 2.54 bits per heavy atom. The molecule has 11 heteroatoms. The molecule has 300 valence electrons. The Bertz CT molecular complexity index is 1950. The van der Waals surface area contributed by atoms with Gasteiger partial charge in [-0.2, -0.15) is 8.78 Å². The number of fused-ring (bicyclic) bond motifs is 4. The third kappa shape index (κ3) is 7.85. The Balaban J connectivity index is 1.02. The van der Waals surface area contributed by atoms with Crippen LogP contribution < -0.4 is 19.5 Å². The van der Waals surface area contributed by atoms with E-state index in [2.05, 4.69) is 41.2 Å². The van der Waals surface area contributed by atoms with Crippen LogP contribution in [0.5, 0.6) is 17.2 Å². The van der Waals surface area contributed by atoms with Crippen LogP contribution in [0.4, 0.5) is 14.5 Å². The van der Waals surface area contributed by atoms with Gasteiger partial charge < -0.3 is 29.5 Å². The predicted octanol–water partition coefficient (Wildman–Crippen LogP) is 9.83. The summed E-state index contributed by atoms with van der Waals surface area (Å²) < 4.78 is 45.9. The average Bonchev–Trinajstić information content (AvgIpc) is 3.31. The molecule has 0 radical (unpaired) electrons. The minimum atomic E-state index is -1.53. The van der Waals surface area contributed by atoms with E-state index < -0.39 is 17.6 Å². The van der Waals surface area contributed by atoms with Gasteiger partial charge in [0.25, 0.3) is 6.08 Å². The van der Waals surface area contributed by atoms with E-state index in [1.807, 2.05) is 24.4 Å². The number of carboxylic acids is 1. The summed E-state index contributed by atoms with van der Waals surface area (Å²) in [6.45, 7) is 8.09. The van der Waals surface area contributed by atoms with Gasteiger partial charge >= 0.3 is 5.97 Å². The number of nitrogens with one attached hydrogen (secondary N) is 1. The lowest BCUT2D eigenvalue weighted by molar-refractivity contribution is -0.144. The second kappa shape index (κ2) is 16.2. The average molecular weight is 790 g/mol. The highest BCUT2D eigenvalue weighted by Gasteiger charge is 2.54. The van der Waals surface area contributed by atoms with Gasteiger partial charge in [0.15, 0.2) is 11.5 Å².